The van der Waals surface area contributed by atoms with E-state index in [9.17, 15) is 0 Å². The Balaban J connectivity index is 2.86. The Labute approximate surface area is 98.0 Å². The fourth-order valence-corrected chi connectivity index (χ4v) is 1.71. The molecule has 3 heteroatoms. The highest BCUT2D eigenvalue weighted by Crippen LogP contribution is 2.26. The Bertz CT molecular complexity index is 331. The number of rotatable bonds is 4. The zero-order valence-electron chi connectivity index (χ0n) is 10.6. The van der Waals surface area contributed by atoms with Crippen molar-refractivity contribution in [3.05, 3.63) is 29.8 Å². The molecule has 1 atom stereocenters. The number of nitrogens with one attached hydrogen (secondary N) is 1. The SMILES string of the molecule is COc1ccccc1CC(NN)C(C)(C)C. The molecule has 0 aliphatic carbocycles. The maximum atomic E-state index is 5.61. The van der Waals surface area contributed by atoms with Crippen LogP contribution in [-0.2, 0) is 6.42 Å². The third kappa shape index (κ3) is 3.22. The minimum atomic E-state index is 0.121. The van der Waals surface area contributed by atoms with Gasteiger partial charge in [-0.1, -0.05) is 39.0 Å². The minimum Gasteiger partial charge on any atom is -0.496 e. The molecule has 0 heterocycles. The first-order valence-electron chi connectivity index (χ1n) is 5.57. The van der Waals surface area contributed by atoms with Crippen LogP contribution in [0.1, 0.15) is 26.3 Å². The average molecular weight is 222 g/mol. The standard InChI is InChI=1S/C13H22N2O/c1-13(2,3)12(15-14)9-10-7-5-6-8-11(10)16-4/h5-8,12,15H,9,14H2,1-4H3. The number of nitrogens with two attached hydrogens (primary N) is 1. The Morgan fingerprint density at radius 1 is 1.31 bits per heavy atom. The summed E-state index contributed by atoms with van der Waals surface area (Å²) in [5.41, 5.74) is 4.19. The number of benzene rings is 1. The van der Waals surface area contributed by atoms with Crippen LogP contribution in [-0.4, -0.2) is 13.2 Å². The molecule has 1 rings (SSSR count). The van der Waals surface area contributed by atoms with E-state index in [1.165, 1.54) is 5.56 Å². The molecule has 1 aromatic rings. The van der Waals surface area contributed by atoms with Gasteiger partial charge in [0.15, 0.2) is 0 Å². The zero-order chi connectivity index (χ0) is 12.2. The molecule has 3 nitrogen and oxygen atoms in total. The van der Waals surface area contributed by atoms with Crippen molar-refractivity contribution < 1.29 is 4.74 Å². The monoisotopic (exact) mass is 222 g/mol. The molecular weight excluding hydrogens is 200 g/mol. The largest absolute Gasteiger partial charge is 0.496 e. The molecule has 3 N–H and O–H groups in total. The molecule has 0 saturated heterocycles. The van der Waals surface area contributed by atoms with Crippen molar-refractivity contribution in [3.8, 4) is 5.75 Å². The fourth-order valence-electron chi connectivity index (χ4n) is 1.71. The molecule has 0 aromatic heterocycles. The van der Waals surface area contributed by atoms with Crippen molar-refractivity contribution in [2.24, 2.45) is 11.3 Å². The summed E-state index contributed by atoms with van der Waals surface area (Å²) in [7, 11) is 1.70. The van der Waals surface area contributed by atoms with Crippen LogP contribution < -0.4 is 16.0 Å². The molecule has 0 aliphatic heterocycles. The van der Waals surface area contributed by atoms with Gasteiger partial charge in [-0.25, -0.2) is 0 Å². The van der Waals surface area contributed by atoms with E-state index in [1.807, 2.05) is 18.2 Å². The number of ether oxygens (including phenoxy) is 1. The van der Waals surface area contributed by atoms with E-state index in [4.69, 9.17) is 10.6 Å². The molecule has 16 heavy (non-hydrogen) atoms. The molecule has 0 saturated carbocycles. The maximum absolute atomic E-state index is 5.61. The first-order chi connectivity index (χ1) is 7.49. The van der Waals surface area contributed by atoms with Crippen molar-refractivity contribution in [1.82, 2.24) is 5.43 Å². The summed E-state index contributed by atoms with van der Waals surface area (Å²) in [6.07, 6.45) is 0.865. The summed E-state index contributed by atoms with van der Waals surface area (Å²) >= 11 is 0. The van der Waals surface area contributed by atoms with E-state index in [2.05, 4.69) is 32.3 Å². The van der Waals surface area contributed by atoms with E-state index in [1.54, 1.807) is 7.11 Å². The summed E-state index contributed by atoms with van der Waals surface area (Å²) in [5, 5.41) is 0. The van der Waals surface area contributed by atoms with Crippen LogP contribution >= 0.6 is 0 Å². The van der Waals surface area contributed by atoms with Gasteiger partial charge in [0, 0.05) is 6.04 Å². The molecule has 0 spiro atoms. The number of hydrogen-bond acceptors (Lipinski definition) is 3. The van der Waals surface area contributed by atoms with E-state index >= 15 is 0 Å². The lowest BCUT2D eigenvalue weighted by Gasteiger charge is -2.30. The van der Waals surface area contributed by atoms with Crippen LogP contribution in [0.3, 0.4) is 0 Å². The van der Waals surface area contributed by atoms with Crippen molar-refractivity contribution in [1.29, 1.82) is 0 Å². The molecule has 0 aliphatic rings. The van der Waals surface area contributed by atoms with E-state index in [0.717, 1.165) is 12.2 Å². The van der Waals surface area contributed by atoms with Crippen LogP contribution in [0.4, 0.5) is 0 Å². The Kier molecular flexibility index (Phi) is 4.33. The van der Waals surface area contributed by atoms with Gasteiger partial charge >= 0.3 is 0 Å². The predicted molar refractivity (Wildman–Crippen MR) is 67.3 cm³/mol. The predicted octanol–water partition coefficient (Wildman–Crippen LogP) is 2.12. The molecular formula is C13H22N2O. The van der Waals surface area contributed by atoms with Gasteiger partial charge in [0.25, 0.3) is 0 Å². The smallest absolute Gasteiger partial charge is 0.122 e. The minimum absolute atomic E-state index is 0.121. The van der Waals surface area contributed by atoms with Crippen molar-refractivity contribution in [2.45, 2.75) is 33.2 Å². The first-order valence-corrected chi connectivity index (χ1v) is 5.57. The third-order valence-corrected chi connectivity index (χ3v) is 2.86. The molecule has 0 fully saturated rings. The number of para-hydroxylation sites is 1. The summed E-state index contributed by atoms with van der Waals surface area (Å²) in [5.74, 6) is 6.53. The quantitative estimate of drug-likeness (QED) is 0.606. The highest BCUT2D eigenvalue weighted by Gasteiger charge is 2.24. The molecule has 0 amide bonds. The number of methoxy groups -OCH3 is 1. The summed E-state index contributed by atoms with van der Waals surface area (Å²) in [4.78, 5) is 0. The maximum Gasteiger partial charge on any atom is 0.122 e. The second kappa shape index (κ2) is 5.32. The van der Waals surface area contributed by atoms with Crippen molar-refractivity contribution >= 4 is 0 Å². The Hall–Kier alpha value is -1.06. The van der Waals surface area contributed by atoms with E-state index < -0.39 is 0 Å². The topological polar surface area (TPSA) is 47.3 Å². The van der Waals surface area contributed by atoms with Gasteiger partial charge in [-0.3, -0.25) is 11.3 Å². The zero-order valence-corrected chi connectivity index (χ0v) is 10.6. The second-order valence-corrected chi connectivity index (χ2v) is 5.10. The number of hydrazine groups is 1. The number of hydrogen-bond donors (Lipinski definition) is 2. The molecule has 1 unspecified atom stereocenters. The van der Waals surface area contributed by atoms with Gasteiger partial charge in [-0.2, -0.15) is 0 Å². The first kappa shape index (κ1) is 13.0. The molecule has 1 aromatic carbocycles. The Morgan fingerprint density at radius 2 is 1.94 bits per heavy atom. The van der Waals surface area contributed by atoms with Crippen molar-refractivity contribution in [2.75, 3.05) is 7.11 Å². The van der Waals surface area contributed by atoms with Gasteiger partial charge in [-0.05, 0) is 23.5 Å². The highest BCUT2D eigenvalue weighted by atomic mass is 16.5. The van der Waals surface area contributed by atoms with Gasteiger partial charge in [0.1, 0.15) is 5.75 Å². The van der Waals surface area contributed by atoms with Gasteiger partial charge in [-0.15, -0.1) is 0 Å². The van der Waals surface area contributed by atoms with Gasteiger partial charge < -0.3 is 4.74 Å². The summed E-state index contributed by atoms with van der Waals surface area (Å²) < 4.78 is 5.33. The van der Waals surface area contributed by atoms with Crippen LogP contribution in [0, 0.1) is 5.41 Å². The molecule has 0 radical (unpaired) electrons. The van der Waals surface area contributed by atoms with Crippen LogP contribution in [0.25, 0.3) is 0 Å². The third-order valence-electron chi connectivity index (χ3n) is 2.86. The highest BCUT2D eigenvalue weighted by molar-refractivity contribution is 5.34. The van der Waals surface area contributed by atoms with Gasteiger partial charge in [0.05, 0.1) is 7.11 Å². The summed E-state index contributed by atoms with van der Waals surface area (Å²) in [6.45, 7) is 6.52. The van der Waals surface area contributed by atoms with Crippen LogP contribution in [0.2, 0.25) is 0 Å². The van der Waals surface area contributed by atoms with E-state index in [0.29, 0.717) is 0 Å². The normalized spacial score (nSPS) is 13.6. The second-order valence-electron chi connectivity index (χ2n) is 5.10. The lowest BCUT2D eigenvalue weighted by Crippen LogP contribution is -2.45. The lowest BCUT2D eigenvalue weighted by molar-refractivity contribution is 0.266. The fraction of sp³-hybridized carbons (Fsp3) is 0.538. The van der Waals surface area contributed by atoms with Crippen LogP contribution in [0.15, 0.2) is 24.3 Å². The van der Waals surface area contributed by atoms with Crippen LogP contribution in [0.5, 0.6) is 5.75 Å². The Morgan fingerprint density at radius 3 is 2.44 bits per heavy atom. The molecule has 0 bridgehead atoms. The summed E-state index contributed by atoms with van der Waals surface area (Å²) in [6, 6.07) is 8.28. The molecule has 90 valence electrons. The van der Waals surface area contributed by atoms with E-state index in [-0.39, 0.29) is 11.5 Å². The van der Waals surface area contributed by atoms with Gasteiger partial charge in [0.2, 0.25) is 0 Å². The lowest BCUT2D eigenvalue weighted by atomic mass is 9.83. The average Bonchev–Trinajstić information content (AvgIpc) is 2.24. The van der Waals surface area contributed by atoms with Crippen molar-refractivity contribution in [3.63, 3.8) is 0 Å².